The van der Waals surface area contributed by atoms with Crippen molar-refractivity contribution >= 4 is 27.3 Å². The second kappa shape index (κ2) is 10.7. The second-order valence-electron chi connectivity index (χ2n) is 7.72. The monoisotopic (exact) mass is 461 g/mol. The van der Waals surface area contributed by atoms with Crippen LogP contribution in [0.25, 0.3) is 0 Å². The summed E-state index contributed by atoms with van der Waals surface area (Å²) in [6, 6.07) is 14.8. The largest absolute Gasteiger partial charge is 0.481 e. The Morgan fingerprint density at radius 3 is 2.31 bits per heavy atom. The molecule has 0 saturated carbocycles. The number of anilines is 2. The van der Waals surface area contributed by atoms with Gasteiger partial charge in [-0.25, -0.2) is 8.42 Å². The van der Waals surface area contributed by atoms with Crippen LogP contribution in [-0.2, 0) is 26.1 Å². The number of carbonyl (C=O) groups is 1. The summed E-state index contributed by atoms with van der Waals surface area (Å²) in [5.74, 6) is 0.314. The minimum atomic E-state index is -3.33. The maximum atomic E-state index is 12.6. The molecule has 0 spiro atoms. The zero-order valence-corrected chi connectivity index (χ0v) is 19.6. The molecule has 1 atom stereocenters. The van der Waals surface area contributed by atoms with E-state index in [9.17, 15) is 13.2 Å². The normalized spacial score (nSPS) is 15.2. The zero-order valence-electron chi connectivity index (χ0n) is 18.8. The summed E-state index contributed by atoms with van der Waals surface area (Å²) in [5, 5.41) is 2.93. The summed E-state index contributed by atoms with van der Waals surface area (Å²) in [7, 11) is -1.85. The number of amides is 1. The maximum absolute atomic E-state index is 12.6. The third-order valence-corrected chi connectivity index (χ3v) is 6.62. The van der Waals surface area contributed by atoms with Gasteiger partial charge in [0.1, 0.15) is 5.75 Å². The first-order valence-electron chi connectivity index (χ1n) is 10.7. The van der Waals surface area contributed by atoms with Gasteiger partial charge in [0.15, 0.2) is 6.10 Å². The molecule has 1 saturated heterocycles. The second-order valence-corrected chi connectivity index (χ2v) is 9.74. The Morgan fingerprint density at radius 1 is 1.12 bits per heavy atom. The Kier molecular flexibility index (Phi) is 7.98. The molecule has 8 nitrogen and oxygen atoms in total. The molecule has 2 aromatic rings. The minimum absolute atomic E-state index is 0.193. The molecule has 9 heteroatoms. The number of ether oxygens (including phenoxy) is 2. The van der Waals surface area contributed by atoms with E-state index in [1.807, 2.05) is 19.1 Å². The first kappa shape index (κ1) is 23.9. The van der Waals surface area contributed by atoms with Crippen LogP contribution in [0.4, 0.5) is 11.4 Å². The average molecular weight is 462 g/mol. The van der Waals surface area contributed by atoms with Gasteiger partial charge in [0, 0.05) is 32.4 Å². The van der Waals surface area contributed by atoms with Crippen LogP contribution in [0.2, 0.25) is 0 Å². The molecule has 32 heavy (non-hydrogen) atoms. The molecule has 1 unspecified atom stereocenters. The number of nitrogens with zero attached hydrogens (tertiary/aromatic N) is 2. The highest BCUT2D eigenvalue weighted by molar-refractivity contribution is 7.92. The van der Waals surface area contributed by atoms with E-state index in [0.29, 0.717) is 24.4 Å². The Labute approximate surface area is 190 Å². The van der Waals surface area contributed by atoms with Crippen LogP contribution < -0.4 is 19.3 Å². The SMILES string of the molecule is CCC(Oc1ccc(N(C)S(C)(=O)=O)cc1)C(=O)NCc1ccc(N2CCOCC2)cc1. The van der Waals surface area contributed by atoms with Gasteiger partial charge >= 0.3 is 0 Å². The third-order valence-electron chi connectivity index (χ3n) is 5.42. The number of benzene rings is 2. The predicted molar refractivity (Wildman–Crippen MR) is 126 cm³/mol. The van der Waals surface area contributed by atoms with Crippen molar-refractivity contribution in [3.05, 3.63) is 54.1 Å². The van der Waals surface area contributed by atoms with Crippen LogP contribution in [0.1, 0.15) is 18.9 Å². The van der Waals surface area contributed by atoms with Gasteiger partial charge in [-0.05, 0) is 48.4 Å². The summed E-state index contributed by atoms with van der Waals surface area (Å²) in [6.07, 6.45) is 1.01. The molecule has 0 bridgehead atoms. The maximum Gasteiger partial charge on any atom is 0.261 e. The lowest BCUT2D eigenvalue weighted by Gasteiger charge is -2.29. The van der Waals surface area contributed by atoms with Gasteiger partial charge < -0.3 is 19.7 Å². The number of hydrogen-bond acceptors (Lipinski definition) is 6. The van der Waals surface area contributed by atoms with Crippen LogP contribution in [-0.4, -0.2) is 60.0 Å². The lowest BCUT2D eigenvalue weighted by atomic mass is 10.1. The predicted octanol–water partition coefficient (Wildman–Crippen LogP) is 2.39. The molecule has 0 aliphatic carbocycles. The molecule has 2 aromatic carbocycles. The van der Waals surface area contributed by atoms with Crippen molar-refractivity contribution in [1.29, 1.82) is 0 Å². The van der Waals surface area contributed by atoms with Gasteiger partial charge in [-0.3, -0.25) is 9.10 Å². The molecule has 3 rings (SSSR count). The average Bonchev–Trinajstić information content (AvgIpc) is 2.81. The summed E-state index contributed by atoms with van der Waals surface area (Å²) >= 11 is 0. The van der Waals surface area contributed by atoms with E-state index in [1.165, 1.54) is 11.4 Å². The van der Waals surface area contributed by atoms with E-state index >= 15 is 0 Å². The van der Waals surface area contributed by atoms with Crippen molar-refractivity contribution in [1.82, 2.24) is 5.32 Å². The zero-order chi connectivity index (χ0) is 23.1. The molecule has 1 heterocycles. The van der Waals surface area contributed by atoms with Gasteiger partial charge in [0.05, 0.1) is 25.2 Å². The molecule has 0 radical (unpaired) electrons. The highest BCUT2D eigenvalue weighted by atomic mass is 32.2. The highest BCUT2D eigenvalue weighted by Gasteiger charge is 2.19. The number of hydrogen-bond donors (Lipinski definition) is 1. The highest BCUT2D eigenvalue weighted by Crippen LogP contribution is 2.22. The molecule has 1 fully saturated rings. The first-order chi connectivity index (χ1) is 15.3. The third kappa shape index (κ3) is 6.37. The molecular weight excluding hydrogens is 430 g/mol. The van der Waals surface area contributed by atoms with E-state index < -0.39 is 16.1 Å². The Morgan fingerprint density at radius 2 is 1.75 bits per heavy atom. The fourth-order valence-electron chi connectivity index (χ4n) is 3.36. The summed E-state index contributed by atoms with van der Waals surface area (Å²) < 4.78 is 35.7. The minimum Gasteiger partial charge on any atom is -0.481 e. The Hall–Kier alpha value is -2.78. The van der Waals surface area contributed by atoms with E-state index in [4.69, 9.17) is 9.47 Å². The van der Waals surface area contributed by atoms with Crippen molar-refractivity contribution in [3.63, 3.8) is 0 Å². The van der Waals surface area contributed by atoms with Crippen molar-refractivity contribution in [2.45, 2.75) is 26.0 Å². The van der Waals surface area contributed by atoms with Crippen LogP contribution in [0, 0.1) is 0 Å². The lowest BCUT2D eigenvalue weighted by Crippen LogP contribution is -2.37. The number of nitrogens with one attached hydrogen (secondary N) is 1. The molecule has 1 N–H and O–H groups in total. The molecular formula is C23H31N3O5S. The molecule has 1 aliphatic heterocycles. The van der Waals surface area contributed by atoms with Crippen molar-refractivity contribution in [2.75, 3.05) is 48.8 Å². The van der Waals surface area contributed by atoms with Crippen LogP contribution >= 0.6 is 0 Å². The first-order valence-corrected chi connectivity index (χ1v) is 12.5. The standard InChI is InChI=1S/C23H31N3O5S/c1-4-22(31-21-11-9-19(10-12-21)25(2)32(3,28)29)23(27)24-17-18-5-7-20(8-6-18)26-13-15-30-16-14-26/h5-12,22H,4,13-17H2,1-3H3,(H,24,27). The van der Waals surface area contributed by atoms with Crippen LogP contribution in [0.3, 0.4) is 0 Å². The van der Waals surface area contributed by atoms with Gasteiger partial charge in [-0.15, -0.1) is 0 Å². The molecule has 1 aliphatic rings. The van der Waals surface area contributed by atoms with Gasteiger partial charge in [-0.1, -0.05) is 19.1 Å². The summed E-state index contributed by atoms with van der Waals surface area (Å²) in [5.41, 5.74) is 2.69. The molecule has 1 amide bonds. The number of sulfonamides is 1. The molecule has 0 aromatic heterocycles. The Bertz CT molecular complexity index is 987. The lowest BCUT2D eigenvalue weighted by molar-refractivity contribution is -0.128. The van der Waals surface area contributed by atoms with Crippen molar-refractivity contribution < 1.29 is 22.7 Å². The van der Waals surface area contributed by atoms with Crippen molar-refractivity contribution in [2.24, 2.45) is 0 Å². The number of carbonyl (C=O) groups excluding carboxylic acids is 1. The smallest absolute Gasteiger partial charge is 0.261 e. The molecule has 174 valence electrons. The topological polar surface area (TPSA) is 88.2 Å². The summed E-state index contributed by atoms with van der Waals surface area (Å²) in [6.45, 7) is 5.56. The Balaban J connectivity index is 1.53. The quantitative estimate of drug-likeness (QED) is 0.617. The van der Waals surface area contributed by atoms with Crippen LogP contribution in [0.15, 0.2) is 48.5 Å². The van der Waals surface area contributed by atoms with Gasteiger partial charge in [0.25, 0.3) is 5.91 Å². The summed E-state index contributed by atoms with van der Waals surface area (Å²) in [4.78, 5) is 14.9. The fraction of sp³-hybridized carbons (Fsp3) is 0.435. The van der Waals surface area contributed by atoms with E-state index in [1.54, 1.807) is 24.3 Å². The van der Waals surface area contributed by atoms with E-state index in [2.05, 4.69) is 22.3 Å². The van der Waals surface area contributed by atoms with E-state index in [0.717, 1.165) is 43.8 Å². The van der Waals surface area contributed by atoms with Crippen LogP contribution in [0.5, 0.6) is 5.75 Å². The fourth-order valence-corrected chi connectivity index (χ4v) is 3.87. The van der Waals surface area contributed by atoms with Gasteiger partial charge in [-0.2, -0.15) is 0 Å². The number of morpholine rings is 1. The van der Waals surface area contributed by atoms with Crippen molar-refractivity contribution in [3.8, 4) is 5.75 Å². The van der Waals surface area contributed by atoms with E-state index in [-0.39, 0.29) is 5.91 Å². The number of rotatable bonds is 9. The van der Waals surface area contributed by atoms with Gasteiger partial charge in [0.2, 0.25) is 10.0 Å².